The van der Waals surface area contributed by atoms with Crippen molar-refractivity contribution in [1.82, 2.24) is 33.7 Å². The van der Waals surface area contributed by atoms with Crippen LogP contribution < -0.4 is 0 Å². The summed E-state index contributed by atoms with van der Waals surface area (Å²) in [6.45, 7) is 0. The first-order valence-electron chi connectivity index (χ1n) is 17.8. The number of aromatic nitrogens is 7. The number of rotatable bonds is 7. The summed E-state index contributed by atoms with van der Waals surface area (Å²) in [4.78, 5) is 25.1. The van der Waals surface area contributed by atoms with E-state index in [1.807, 2.05) is 78.9 Å². The predicted molar refractivity (Wildman–Crippen MR) is 215 cm³/mol. The highest BCUT2D eigenvalue weighted by atomic mass is 15.0. The maximum absolute atomic E-state index is 5.05. The number of imidazole rings is 2. The SMILES string of the molecule is c1ccc(-c2nc(-c3ccc(-c4nc5ccccn5c4-c4ccccc4)cc3)nc(-c3ccc(-c4nc5ccccn5c4-c4ccccc4)cc3)n2)cc1. The van der Waals surface area contributed by atoms with Crippen LogP contribution in [0.3, 0.4) is 0 Å². The Morgan fingerprint density at radius 1 is 0.259 bits per heavy atom. The van der Waals surface area contributed by atoms with Gasteiger partial charge in [0.2, 0.25) is 0 Å². The summed E-state index contributed by atoms with van der Waals surface area (Å²) in [5, 5.41) is 0. The standard InChI is InChI=1S/C47H31N7/c1-4-14-34(15-5-1)43-41(48-39-20-10-12-30-53(39)43)32-22-26-37(27-23-32)46-50-45(36-18-8-3-9-19-36)51-47(52-46)38-28-24-33(25-29-38)42-44(35-16-6-2-7-17-35)54-31-13-11-21-40(54)49-42/h1-31H. The van der Waals surface area contributed by atoms with E-state index in [-0.39, 0.29) is 0 Å². The molecule has 10 aromatic rings. The number of hydrogen-bond donors (Lipinski definition) is 0. The van der Waals surface area contributed by atoms with Gasteiger partial charge in [-0.25, -0.2) is 24.9 Å². The molecule has 0 bridgehead atoms. The molecule has 0 unspecified atom stereocenters. The lowest BCUT2D eigenvalue weighted by molar-refractivity contribution is 1.07. The van der Waals surface area contributed by atoms with E-state index < -0.39 is 0 Å². The highest BCUT2D eigenvalue weighted by Gasteiger charge is 2.19. The molecule has 10 rings (SSSR count). The number of nitrogens with zero attached hydrogens (tertiary/aromatic N) is 7. The number of pyridine rings is 2. The van der Waals surface area contributed by atoms with E-state index in [9.17, 15) is 0 Å². The molecule has 0 aliphatic heterocycles. The van der Waals surface area contributed by atoms with Gasteiger partial charge in [-0.05, 0) is 24.3 Å². The summed E-state index contributed by atoms with van der Waals surface area (Å²) in [6.07, 6.45) is 4.12. The van der Waals surface area contributed by atoms with Crippen molar-refractivity contribution in [2.75, 3.05) is 0 Å². The lowest BCUT2D eigenvalue weighted by atomic mass is 10.0. The fraction of sp³-hybridized carbons (Fsp3) is 0. The third-order valence-corrected chi connectivity index (χ3v) is 9.65. The molecule has 0 aliphatic carbocycles. The topological polar surface area (TPSA) is 73.3 Å². The number of hydrogen-bond acceptors (Lipinski definition) is 5. The van der Waals surface area contributed by atoms with Gasteiger partial charge in [0, 0.05) is 51.3 Å². The quantitative estimate of drug-likeness (QED) is 0.166. The van der Waals surface area contributed by atoms with Crippen LogP contribution in [-0.4, -0.2) is 33.7 Å². The molecule has 254 valence electrons. The van der Waals surface area contributed by atoms with E-state index in [1.54, 1.807) is 0 Å². The summed E-state index contributed by atoms with van der Waals surface area (Å²) < 4.78 is 4.29. The average Bonchev–Trinajstić information content (AvgIpc) is 3.84. The van der Waals surface area contributed by atoms with Gasteiger partial charge in [-0.2, -0.15) is 0 Å². The van der Waals surface area contributed by atoms with Gasteiger partial charge in [0.25, 0.3) is 0 Å². The van der Waals surface area contributed by atoms with Crippen LogP contribution in [-0.2, 0) is 0 Å². The molecule has 5 aromatic heterocycles. The molecule has 0 N–H and O–H groups in total. The van der Waals surface area contributed by atoms with Crippen molar-refractivity contribution in [3.8, 4) is 79.2 Å². The normalized spacial score (nSPS) is 11.3. The summed E-state index contributed by atoms with van der Waals surface area (Å²) in [5.41, 5.74) is 12.7. The molecule has 0 saturated carbocycles. The van der Waals surface area contributed by atoms with Gasteiger partial charge in [-0.15, -0.1) is 0 Å². The van der Waals surface area contributed by atoms with Crippen molar-refractivity contribution in [1.29, 1.82) is 0 Å². The van der Waals surface area contributed by atoms with E-state index in [4.69, 9.17) is 24.9 Å². The molecule has 0 atom stereocenters. The molecule has 54 heavy (non-hydrogen) atoms. The Hall–Kier alpha value is -7.51. The zero-order valence-electron chi connectivity index (χ0n) is 29.0. The monoisotopic (exact) mass is 693 g/mol. The van der Waals surface area contributed by atoms with Crippen LogP contribution in [0.5, 0.6) is 0 Å². The van der Waals surface area contributed by atoms with Crippen molar-refractivity contribution < 1.29 is 0 Å². The predicted octanol–water partition coefficient (Wildman–Crippen LogP) is 10.8. The van der Waals surface area contributed by atoms with Gasteiger partial charge in [-0.3, -0.25) is 8.80 Å². The molecule has 5 aromatic carbocycles. The molecule has 0 spiro atoms. The summed E-state index contributed by atoms with van der Waals surface area (Å²) in [7, 11) is 0. The van der Waals surface area contributed by atoms with Gasteiger partial charge in [0.15, 0.2) is 17.5 Å². The molecule has 0 radical (unpaired) electrons. The van der Waals surface area contributed by atoms with Crippen LogP contribution in [0.1, 0.15) is 0 Å². The minimum Gasteiger partial charge on any atom is -0.299 e. The van der Waals surface area contributed by atoms with Gasteiger partial charge in [-0.1, -0.05) is 152 Å². The van der Waals surface area contributed by atoms with Crippen LogP contribution in [0.4, 0.5) is 0 Å². The van der Waals surface area contributed by atoms with E-state index in [2.05, 4.69) is 118 Å². The van der Waals surface area contributed by atoms with Crippen LogP contribution in [0, 0.1) is 0 Å². The Labute approximate surface area is 311 Å². The van der Waals surface area contributed by atoms with Crippen molar-refractivity contribution >= 4 is 11.3 Å². The zero-order valence-corrected chi connectivity index (χ0v) is 29.0. The molecule has 7 nitrogen and oxygen atoms in total. The lowest BCUT2D eigenvalue weighted by Crippen LogP contribution is -2.00. The van der Waals surface area contributed by atoms with Crippen molar-refractivity contribution in [3.05, 3.63) is 188 Å². The fourth-order valence-electron chi connectivity index (χ4n) is 7.04. The van der Waals surface area contributed by atoms with Crippen LogP contribution in [0.2, 0.25) is 0 Å². The van der Waals surface area contributed by atoms with Gasteiger partial charge >= 0.3 is 0 Å². The Balaban J connectivity index is 1.05. The summed E-state index contributed by atoms with van der Waals surface area (Å²) in [6, 6.07) is 59.7. The highest BCUT2D eigenvalue weighted by Crippen LogP contribution is 2.36. The maximum Gasteiger partial charge on any atom is 0.164 e. The second-order valence-electron chi connectivity index (χ2n) is 13.0. The van der Waals surface area contributed by atoms with Gasteiger partial charge in [0.05, 0.1) is 22.8 Å². The third-order valence-electron chi connectivity index (χ3n) is 9.65. The van der Waals surface area contributed by atoms with Crippen LogP contribution in [0.15, 0.2) is 188 Å². The van der Waals surface area contributed by atoms with Gasteiger partial charge < -0.3 is 0 Å². The molecule has 0 aliphatic rings. The molecule has 0 fully saturated rings. The Bertz CT molecular complexity index is 2720. The van der Waals surface area contributed by atoms with Crippen LogP contribution >= 0.6 is 0 Å². The van der Waals surface area contributed by atoms with Crippen molar-refractivity contribution in [3.63, 3.8) is 0 Å². The smallest absolute Gasteiger partial charge is 0.164 e. The maximum atomic E-state index is 5.05. The first-order valence-corrected chi connectivity index (χ1v) is 17.8. The molecule has 5 heterocycles. The van der Waals surface area contributed by atoms with Crippen LogP contribution in [0.25, 0.3) is 90.5 Å². The average molecular weight is 694 g/mol. The second-order valence-corrected chi connectivity index (χ2v) is 13.0. The van der Waals surface area contributed by atoms with E-state index >= 15 is 0 Å². The molecular formula is C47H31N7. The molecular weight excluding hydrogens is 663 g/mol. The minimum atomic E-state index is 0.597. The molecule has 0 saturated heterocycles. The zero-order chi connectivity index (χ0) is 35.8. The molecule has 7 heteroatoms. The minimum absolute atomic E-state index is 0.597. The first-order chi connectivity index (χ1) is 26.8. The Kier molecular flexibility index (Phi) is 7.66. The summed E-state index contributed by atoms with van der Waals surface area (Å²) >= 11 is 0. The van der Waals surface area contributed by atoms with Gasteiger partial charge in [0.1, 0.15) is 11.3 Å². The number of benzene rings is 5. The largest absolute Gasteiger partial charge is 0.299 e. The fourth-order valence-corrected chi connectivity index (χ4v) is 7.04. The Morgan fingerprint density at radius 2 is 0.574 bits per heavy atom. The van der Waals surface area contributed by atoms with E-state index in [1.165, 1.54) is 0 Å². The lowest BCUT2D eigenvalue weighted by Gasteiger charge is -2.10. The third kappa shape index (κ3) is 5.61. The van der Waals surface area contributed by atoms with E-state index in [0.29, 0.717) is 17.5 Å². The van der Waals surface area contributed by atoms with Crippen molar-refractivity contribution in [2.45, 2.75) is 0 Å². The Morgan fingerprint density at radius 3 is 0.963 bits per heavy atom. The molecule has 0 amide bonds. The highest BCUT2D eigenvalue weighted by molar-refractivity contribution is 5.84. The summed E-state index contributed by atoms with van der Waals surface area (Å²) in [5.74, 6) is 1.81. The number of fused-ring (bicyclic) bond motifs is 2. The first kappa shape index (κ1) is 31.2. The second kappa shape index (κ2) is 13.2. The van der Waals surface area contributed by atoms with E-state index in [0.717, 1.165) is 73.0 Å². The van der Waals surface area contributed by atoms with Crippen molar-refractivity contribution in [2.24, 2.45) is 0 Å².